The molecule has 0 bridgehead atoms. The molecule has 0 spiro atoms. The molecule has 0 unspecified atom stereocenters. The lowest BCUT2D eigenvalue weighted by atomic mass is 9.64. The summed E-state index contributed by atoms with van der Waals surface area (Å²) >= 11 is 0. The first-order valence-electron chi connectivity index (χ1n) is 7.92. The molecule has 1 saturated heterocycles. The van der Waals surface area contributed by atoms with Crippen LogP contribution in [0.2, 0.25) is 0 Å². The van der Waals surface area contributed by atoms with E-state index in [1.165, 1.54) is 0 Å². The molecule has 22 heavy (non-hydrogen) atoms. The molecule has 2 nitrogen and oxygen atoms in total. The number of nitriles is 1. The fourth-order valence-electron chi connectivity index (χ4n) is 3.88. The Hall–Kier alpha value is -2.11. The SMILES string of the molecule is C[C@@H]1[C@H](C(C#N)(c2ccccc2)c2ccccc2)CCN1C. The fourth-order valence-corrected chi connectivity index (χ4v) is 3.88. The van der Waals surface area contributed by atoms with E-state index >= 15 is 0 Å². The van der Waals surface area contributed by atoms with Crippen molar-refractivity contribution in [3.63, 3.8) is 0 Å². The fraction of sp³-hybridized carbons (Fsp3) is 0.350. The zero-order valence-corrected chi connectivity index (χ0v) is 13.2. The van der Waals surface area contributed by atoms with Crippen molar-refractivity contribution in [2.45, 2.75) is 24.8 Å². The molecule has 1 heterocycles. The Kier molecular flexibility index (Phi) is 4.00. The van der Waals surface area contributed by atoms with E-state index in [1.807, 2.05) is 36.4 Å². The van der Waals surface area contributed by atoms with E-state index in [2.05, 4.69) is 49.2 Å². The summed E-state index contributed by atoms with van der Waals surface area (Å²) in [5.41, 5.74) is 1.64. The van der Waals surface area contributed by atoms with Crippen LogP contribution in [0.25, 0.3) is 0 Å². The molecule has 2 atom stereocenters. The van der Waals surface area contributed by atoms with Crippen LogP contribution in [0.4, 0.5) is 0 Å². The van der Waals surface area contributed by atoms with E-state index in [9.17, 15) is 5.26 Å². The topological polar surface area (TPSA) is 27.0 Å². The number of rotatable bonds is 3. The maximum atomic E-state index is 10.3. The van der Waals surface area contributed by atoms with Gasteiger partial charge in [-0.25, -0.2) is 0 Å². The van der Waals surface area contributed by atoms with Crippen molar-refractivity contribution in [2.24, 2.45) is 5.92 Å². The Bertz CT molecular complexity index is 618. The van der Waals surface area contributed by atoms with Gasteiger partial charge in [-0.3, -0.25) is 0 Å². The number of likely N-dealkylation sites (tertiary alicyclic amines) is 1. The van der Waals surface area contributed by atoms with Gasteiger partial charge in [-0.2, -0.15) is 5.26 Å². The number of benzene rings is 2. The van der Waals surface area contributed by atoms with Crippen LogP contribution in [0.3, 0.4) is 0 Å². The molecule has 0 N–H and O–H groups in total. The maximum Gasteiger partial charge on any atom is 0.111 e. The van der Waals surface area contributed by atoms with Crippen LogP contribution >= 0.6 is 0 Å². The van der Waals surface area contributed by atoms with E-state index in [0.717, 1.165) is 24.1 Å². The molecule has 0 aromatic heterocycles. The molecular formula is C20H22N2. The summed E-state index contributed by atoms with van der Waals surface area (Å²) in [6.07, 6.45) is 1.05. The molecule has 3 rings (SSSR count). The van der Waals surface area contributed by atoms with E-state index in [4.69, 9.17) is 0 Å². The molecule has 1 aliphatic rings. The van der Waals surface area contributed by atoms with Crippen molar-refractivity contribution >= 4 is 0 Å². The van der Waals surface area contributed by atoms with Gasteiger partial charge in [0, 0.05) is 12.0 Å². The van der Waals surface area contributed by atoms with E-state index in [0.29, 0.717) is 12.0 Å². The second kappa shape index (κ2) is 5.94. The molecule has 1 aliphatic heterocycles. The highest BCUT2D eigenvalue weighted by Gasteiger charge is 2.48. The zero-order chi connectivity index (χ0) is 15.6. The minimum absolute atomic E-state index is 0.298. The van der Waals surface area contributed by atoms with Gasteiger partial charge in [-0.05, 0) is 38.1 Å². The lowest BCUT2D eigenvalue weighted by Gasteiger charge is -2.37. The van der Waals surface area contributed by atoms with Crippen molar-refractivity contribution in [3.8, 4) is 6.07 Å². The second-order valence-corrected chi connectivity index (χ2v) is 6.27. The minimum Gasteiger partial charge on any atom is -0.303 e. The smallest absolute Gasteiger partial charge is 0.111 e. The molecule has 0 amide bonds. The molecule has 0 aliphatic carbocycles. The van der Waals surface area contributed by atoms with Crippen molar-refractivity contribution in [1.29, 1.82) is 5.26 Å². The molecule has 2 heteroatoms. The lowest BCUT2D eigenvalue weighted by molar-refractivity contribution is 0.258. The van der Waals surface area contributed by atoms with E-state index in [1.54, 1.807) is 0 Å². The highest BCUT2D eigenvalue weighted by molar-refractivity contribution is 5.47. The highest BCUT2D eigenvalue weighted by Crippen LogP contribution is 2.45. The van der Waals surface area contributed by atoms with Crippen LogP contribution in [-0.4, -0.2) is 24.5 Å². The second-order valence-electron chi connectivity index (χ2n) is 6.27. The predicted octanol–water partition coefficient (Wildman–Crippen LogP) is 3.84. The third kappa shape index (κ3) is 2.23. The van der Waals surface area contributed by atoms with Gasteiger partial charge in [-0.1, -0.05) is 60.7 Å². The first-order valence-corrected chi connectivity index (χ1v) is 7.92. The van der Waals surface area contributed by atoms with Crippen LogP contribution in [0.15, 0.2) is 60.7 Å². The van der Waals surface area contributed by atoms with Crippen LogP contribution in [0.1, 0.15) is 24.5 Å². The third-order valence-electron chi connectivity index (χ3n) is 5.26. The summed E-state index contributed by atoms with van der Waals surface area (Å²) in [6, 6.07) is 23.7. The third-order valence-corrected chi connectivity index (χ3v) is 5.26. The molecule has 2 aromatic rings. The van der Waals surface area contributed by atoms with Crippen molar-refractivity contribution in [1.82, 2.24) is 4.90 Å². The average Bonchev–Trinajstić information content (AvgIpc) is 2.91. The number of hydrogen-bond donors (Lipinski definition) is 0. The Labute approximate surface area is 133 Å². The molecular weight excluding hydrogens is 268 g/mol. The van der Waals surface area contributed by atoms with Gasteiger partial charge < -0.3 is 4.90 Å². The Morgan fingerprint density at radius 3 is 1.86 bits per heavy atom. The summed E-state index contributed by atoms with van der Waals surface area (Å²) in [4.78, 5) is 2.36. The Morgan fingerprint density at radius 2 is 1.50 bits per heavy atom. The molecule has 0 saturated carbocycles. The maximum absolute atomic E-state index is 10.3. The highest BCUT2D eigenvalue weighted by atomic mass is 15.2. The first kappa shape index (κ1) is 14.8. The van der Waals surface area contributed by atoms with Crippen LogP contribution in [-0.2, 0) is 5.41 Å². The van der Waals surface area contributed by atoms with Gasteiger partial charge in [0.05, 0.1) is 6.07 Å². The van der Waals surface area contributed by atoms with Crippen molar-refractivity contribution < 1.29 is 0 Å². The van der Waals surface area contributed by atoms with E-state index in [-0.39, 0.29) is 0 Å². The first-order chi connectivity index (χ1) is 10.7. The van der Waals surface area contributed by atoms with Crippen LogP contribution < -0.4 is 0 Å². The van der Waals surface area contributed by atoms with Crippen molar-refractivity contribution in [3.05, 3.63) is 71.8 Å². The lowest BCUT2D eigenvalue weighted by Crippen LogP contribution is -2.41. The van der Waals surface area contributed by atoms with Crippen molar-refractivity contribution in [2.75, 3.05) is 13.6 Å². The van der Waals surface area contributed by atoms with Crippen LogP contribution in [0, 0.1) is 17.2 Å². The van der Waals surface area contributed by atoms with Crippen LogP contribution in [0.5, 0.6) is 0 Å². The average molecular weight is 290 g/mol. The quantitative estimate of drug-likeness (QED) is 0.859. The van der Waals surface area contributed by atoms with Gasteiger partial charge >= 0.3 is 0 Å². The minimum atomic E-state index is -0.577. The summed E-state index contributed by atoms with van der Waals surface area (Å²) in [6.45, 7) is 3.30. The Balaban J connectivity index is 2.20. The monoisotopic (exact) mass is 290 g/mol. The molecule has 0 radical (unpaired) electrons. The molecule has 2 aromatic carbocycles. The summed E-state index contributed by atoms with van der Waals surface area (Å²) < 4.78 is 0. The van der Waals surface area contributed by atoms with Gasteiger partial charge in [0.2, 0.25) is 0 Å². The molecule has 112 valence electrons. The van der Waals surface area contributed by atoms with Gasteiger partial charge in [0.15, 0.2) is 0 Å². The predicted molar refractivity (Wildman–Crippen MR) is 89.5 cm³/mol. The summed E-state index contributed by atoms with van der Waals surface area (Å²) in [5.74, 6) is 0.298. The summed E-state index contributed by atoms with van der Waals surface area (Å²) in [7, 11) is 2.16. The van der Waals surface area contributed by atoms with E-state index < -0.39 is 5.41 Å². The van der Waals surface area contributed by atoms with Gasteiger partial charge in [0.1, 0.15) is 5.41 Å². The standard InChI is InChI=1S/C20H22N2/c1-16-19(13-14-22(16)2)20(15-21,17-9-5-3-6-10-17)18-11-7-4-8-12-18/h3-12,16,19H,13-14H2,1-2H3/t16-,19-/m1/s1. The Morgan fingerprint density at radius 1 is 1.00 bits per heavy atom. The molecule has 1 fully saturated rings. The number of nitrogens with zero attached hydrogens (tertiary/aromatic N) is 2. The normalized spacial score (nSPS) is 22.4. The summed E-state index contributed by atoms with van der Waals surface area (Å²) in [5, 5.41) is 10.3. The van der Waals surface area contributed by atoms with Gasteiger partial charge in [0.25, 0.3) is 0 Å². The number of hydrogen-bond acceptors (Lipinski definition) is 2. The zero-order valence-electron chi connectivity index (χ0n) is 13.2. The van der Waals surface area contributed by atoms with Gasteiger partial charge in [-0.15, -0.1) is 0 Å². The largest absolute Gasteiger partial charge is 0.303 e.